The van der Waals surface area contributed by atoms with Crippen LogP contribution in [0.3, 0.4) is 0 Å². The van der Waals surface area contributed by atoms with Crippen molar-refractivity contribution in [3.63, 3.8) is 0 Å². The number of carbonyl (C=O) groups is 3. The van der Waals surface area contributed by atoms with Crippen molar-refractivity contribution in [2.75, 3.05) is 89.4 Å². The molecule has 12 nitrogen and oxygen atoms in total. The Morgan fingerprint density at radius 3 is 1.76 bits per heavy atom. The van der Waals surface area contributed by atoms with E-state index in [9.17, 15) is 19.3 Å². The van der Waals surface area contributed by atoms with E-state index in [-0.39, 0.29) is 30.9 Å². The van der Waals surface area contributed by atoms with Crippen molar-refractivity contribution in [2.45, 2.75) is 84.7 Å². The molecular formula is C29H66N5O7P+2. The number of quaternary nitrogens is 2. The van der Waals surface area contributed by atoms with Crippen molar-refractivity contribution in [1.29, 1.82) is 0 Å². The van der Waals surface area contributed by atoms with Crippen LogP contribution in [-0.4, -0.2) is 133 Å². The highest BCUT2D eigenvalue weighted by molar-refractivity contribution is 7.40. The maximum Gasteiger partial charge on any atom is 0.329 e. The molecule has 0 aromatic heterocycles. The van der Waals surface area contributed by atoms with Gasteiger partial charge in [-0.25, -0.2) is 0 Å². The summed E-state index contributed by atoms with van der Waals surface area (Å²) in [6, 6.07) is -1.26. The van der Waals surface area contributed by atoms with E-state index in [0.717, 1.165) is 28.5 Å². The fourth-order valence-electron chi connectivity index (χ4n) is 3.59. The molecule has 3 unspecified atom stereocenters. The van der Waals surface area contributed by atoms with Crippen molar-refractivity contribution in [1.82, 2.24) is 16.0 Å². The lowest BCUT2D eigenvalue weighted by molar-refractivity contribution is -0.870. The van der Waals surface area contributed by atoms with E-state index in [4.69, 9.17) is 13.8 Å². The SMILES string of the molecule is CC.CC.COCC(COP(O)OC)NC(=O)C(CCCCNC(=O)CCC[N+](C)(C)C)NC(=O)CCC[N+](C)(C)C. The summed E-state index contributed by atoms with van der Waals surface area (Å²) in [6.07, 6.45) is 4.12. The highest BCUT2D eigenvalue weighted by atomic mass is 31.2. The van der Waals surface area contributed by atoms with Gasteiger partial charge in [0.25, 0.3) is 0 Å². The summed E-state index contributed by atoms with van der Waals surface area (Å²) in [6.45, 7) is 10.5. The largest absolute Gasteiger partial charge is 0.382 e. The smallest absolute Gasteiger partial charge is 0.329 e. The molecule has 3 atom stereocenters. The van der Waals surface area contributed by atoms with Gasteiger partial charge in [-0.3, -0.25) is 14.4 Å². The van der Waals surface area contributed by atoms with Crippen molar-refractivity contribution < 1.29 is 42.0 Å². The van der Waals surface area contributed by atoms with Crippen molar-refractivity contribution >= 4 is 26.3 Å². The van der Waals surface area contributed by atoms with Crippen LogP contribution < -0.4 is 16.0 Å². The molecule has 13 heteroatoms. The zero-order valence-corrected chi connectivity index (χ0v) is 29.8. The number of nitrogens with zero attached hydrogens (tertiary/aromatic N) is 2. The van der Waals surface area contributed by atoms with Gasteiger partial charge in [0, 0.05) is 46.4 Å². The Morgan fingerprint density at radius 2 is 1.29 bits per heavy atom. The normalized spacial score (nSPS) is 13.4. The molecule has 4 N–H and O–H groups in total. The van der Waals surface area contributed by atoms with Crippen LogP contribution in [0.1, 0.15) is 72.6 Å². The first-order chi connectivity index (χ1) is 19.7. The lowest BCUT2D eigenvalue weighted by atomic mass is 10.1. The second kappa shape index (κ2) is 27.2. The van der Waals surface area contributed by atoms with Crippen LogP contribution >= 0.6 is 8.60 Å². The molecule has 252 valence electrons. The van der Waals surface area contributed by atoms with Crippen LogP contribution in [0.5, 0.6) is 0 Å². The third-order valence-corrected chi connectivity index (χ3v) is 6.30. The molecule has 0 aromatic carbocycles. The van der Waals surface area contributed by atoms with E-state index >= 15 is 0 Å². The van der Waals surface area contributed by atoms with Gasteiger partial charge in [-0.1, -0.05) is 27.7 Å². The molecule has 0 radical (unpaired) electrons. The van der Waals surface area contributed by atoms with Crippen LogP contribution in [0.25, 0.3) is 0 Å². The number of hydrogen-bond donors (Lipinski definition) is 4. The zero-order chi connectivity index (χ0) is 33.2. The van der Waals surface area contributed by atoms with Gasteiger partial charge >= 0.3 is 8.60 Å². The van der Waals surface area contributed by atoms with E-state index in [1.165, 1.54) is 14.2 Å². The molecule has 0 spiro atoms. The van der Waals surface area contributed by atoms with E-state index < -0.39 is 20.7 Å². The number of nitrogens with one attached hydrogen (secondary N) is 3. The van der Waals surface area contributed by atoms with E-state index in [2.05, 4.69) is 58.2 Å². The first-order valence-electron chi connectivity index (χ1n) is 15.3. The number of rotatable bonds is 22. The van der Waals surface area contributed by atoms with Gasteiger partial charge in [0.1, 0.15) is 6.04 Å². The van der Waals surface area contributed by atoms with Gasteiger partial charge in [-0.05, 0) is 19.3 Å². The number of methoxy groups -OCH3 is 1. The molecule has 0 aromatic rings. The highest BCUT2D eigenvalue weighted by Crippen LogP contribution is 2.30. The first kappa shape index (κ1) is 45.0. The molecule has 0 heterocycles. The van der Waals surface area contributed by atoms with Gasteiger partial charge in [0.05, 0.1) is 74.6 Å². The minimum atomic E-state index is -2.04. The molecular weight excluding hydrogens is 561 g/mol. The third-order valence-electron chi connectivity index (χ3n) is 5.62. The summed E-state index contributed by atoms with van der Waals surface area (Å²) in [5, 5.41) is 8.65. The van der Waals surface area contributed by atoms with E-state index in [1.807, 2.05) is 27.7 Å². The first-order valence-corrected chi connectivity index (χ1v) is 16.4. The number of amides is 3. The Kier molecular flexibility index (Phi) is 29.1. The minimum absolute atomic E-state index is 0.0000839. The Hall–Kier alpha value is -1.40. The summed E-state index contributed by atoms with van der Waals surface area (Å²) in [7, 11) is 13.3. The van der Waals surface area contributed by atoms with Crippen molar-refractivity contribution in [3.05, 3.63) is 0 Å². The van der Waals surface area contributed by atoms with Gasteiger partial charge in [0.15, 0.2) is 0 Å². The fourth-order valence-corrected chi connectivity index (χ4v) is 4.01. The topological polar surface area (TPSA) is 135 Å². The van der Waals surface area contributed by atoms with Crippen LogP contribution in [-0.2, 0) is 28.2 Å². The number of carbonyl (C=O) groups excluding carboxylic acids is 3. The van der Waals surface area contributed by atoms with Crippen LogP contribution in [0, 0.1) is 0 Å². The second-order valence-corrected chi connectivity index (χ2v) is 12.7. The Labute approximate surface area is 258 Å². The maximum atomic E-state index is 13.1. The molecule has 42 heavy (non-hydrogen) atoms. The van der Waals surface area contributed by atoms with Crippen molar-refractivity contribution in [3.8, 4) is 0 Å². The third kappa shape index (κ3) is 30.1. The summed E-state index contributed by atoms with van der Waals surface area (Å²) in [5.74, 6) is -0.498. The monoisotopic (exact) mass is 627 g/mol. The molecule has 0 bridgehead atoms. The van der Waals surface area contributed by atoms with Crippen LogP contribution in [0.15, 0.2) is 0 Å². The zero-order valence-electron chi connectivity index (χ0n) is 28.9. The molecule has 0 rings (SSSR count). The van der Waals surface area contributed by atoms with Crippen molar-refractivity contribution in [2.24, 2.45) is 0 Å². The quantitative estimate of drug-likeness (QED) is 0.0824. The fraction of sp³-hybridized carbons (Fsp3) is 0.897. The summed E-state index contributed by atoms with van der Waals surface area (Å²) >= 11 is 0. The molecule has 0 fully saturated rings. The van der Waals surface area contributed by atoms with E-state index in [1.54, 1.807) is 0 Å². The van der Waals surface area contributed by atoms with E-state index in [0.29, 0.717) is 45.1 Å². The number of hydrogen-bond acceptors (Lipinski definition) is 7. The standard InChI is InChI=1S/C25H52N5O7P.2C2H6/c1-29(2,3)17-11-14-23(31)26-16-10-9-13-22(28-24(32)15-12-18-30(4,5)6)25(33)27-21(19-35-7)20-37-38(34)36-8;2*1-2/h21-22,34H,9-20H2,1-8H3,(H-2,26,27,28,31,32,33);2*1-2H3/p+2. The number of unbranched alkanes of at least 4 members (excludes halogenated alkanes) is 1. The highest BCUT2D eigenvalue weighted by Gasteiger charge is 2.24. The molecule has 0 saturated heterocycles. The lowest BCUT2D eigenvalue weighted by Crippen LogP contribution is -2.51. The maximum absolute atomic E-state index is 13.1. The molecule has 0 aliphatic rings. The molecule has 0 aliphatic carbocycles. The Morgan fingerprint density at radius 1 is 0.762 bits per heavy atom. The Bertz CT molecular complexity index is 688. The average Bonchev–Trinajstić information content (AvgIpc) is 2.91. The minimum Gasteiger partial charge on any atom is -0.382 e. The second-order valence-electron chi connectivity index (χ2n) is 11.6. The predicted molar refractivity (Wildman–Crippen MR) is 172 cm³/mol. The Balaban J connectivity index is -0.00000363. The molecule has 3 amide bonds. The summed E-state index contributed by atoms with van der Waals surface area (Å²) in [5.41, 5.74) is 0. The van der Waals surface area contributed by atoms with Gasteiger partial charge < -0.3 is 43.6 Å². The molecule has 0 saturated carbocycles. The molecule has 0 aliphatic heterocycles. The van der Waals surface area contributed by atoms with Gasteiger partial charge in [-0.2, -0.15) is 0 Å². The lowest BCUT2D eigenvalue weighted by Gasteiger charge is -2.25. The van der Waals surface area contributed by atoms with Gasteiger partial charge in [-0.15, -0.1) is 0 Å². The average molecular weight is 628 g/mol. The predicted octanol–water partition coefficient (Wildman–Crippen LogP) is 2.80. The summed E-state index contributed by atoms with van der Waals surface area (Å²) in [4.78, 5) is 47.3. The summed E-state index contributed by atoms with van der Waals surface area (Å²) < 4.78 is 16.7. The number of ether oxygens (including phenoxy) is 1. The van der Waals surface area contributed by atoms with Crippen LogP contribution in [0.2, 0.25) is 0 Å². The van der Waals surface area contributed by atoms with Gasteiger partial charge in [0.2, 0.25) is 17.7 Å². The van der Waals surface area contributed by atoms with Crippen LogP contribution in [0.4, 0.5) is 0 Å².